The fourth-order valence-corrected chi connectivity index (χ4v) is 9.58. The molecule has 1 aliphatic rings. The summed E-state index contributed by atoms with van der Waals surface area (Å²) in [5.74, 6) is -1.21. The number of aliphatic hydroxyl groups is 5. The first kappa shape index (κ1) is 68.9. The van der Waals surface area contributed by atoms with Gasteiger partial charge < -0.3 is 45.1 Å². The van der Waals surface area contributed by atoms with E-state index in [1.807, 2.05) is 6.08 Å². The summed E-state index contributed by atoms with van der Waals surface area (Å²) in [5, 5.41) is 56.9. The standard InChI is InChI=1S/C62H115NO10/c1-4-7-10-13-16-19-22-25-26-27-28-29-30-32-35-38-41-44-47-50-57(67)73-60-59(69)58(68)56(51-64)72-62(60)71-52-53(54(65)48-45-42-39-36-33-24-21-18-15-12-9-6-3)63-61(70)55(66)49-46-43-40-37-34-31-23-20-17-14-11-8-5-2/h25-26,34,37,45,48,53-56,58-60,62,64-66,68-69H,4-24,27-33,35-36,38-44,46-47,49-52H2,1-3H3,(H,63,70)/b26-25+,37-34-,48-45+. The van der Waals surface area contributed by atoms with Crippen LogP contribution in [0.1, 0.15) is 284 Å². The van der Waals surface area contributed by atoms with E-state index in [9.17, 15) is 35.1 Å². The summed E-state index contributed by atoms with van der Waals surface area (Å²) in [6.07, 6.45) is 49.0. The van der Waals surface area contributed by atoms with Crippen molar-refractivity contribution < 1.29 is 49.3 Å². The SMILES string of the molecule is CCCCCCCC/C=C/CCCCCCCCCCCC(=O)OC1C(OCC(NC(=O)C(O)CCCC/C=C\CCCCCCCCC)C(O)/C=C/CCCCCCCCCCCC)OC(CO)C(O)C1O. The van der Waals surface area contributed by atoms with Crippen LogP contribution in [-0.2, 0) is 23.8 Å². The van der Waals surface area contributed by atoms with Gasteiger partial charge in [-0.3, -0.25) is 9.59 Å². The smallest absolute Gasteiger partial charge is 0.306 e. The van der Waals surface area contributed by atoms with Crippen molar-refractivity contribution >= 4 is 11.9 Å². The largest absolute Gasteiger partial charge is 0.454 e. The lowest BCUT2D eigenvalue weighted by atomic mass is 9.99. The second-order valence-electron chi connectivity index (χ2n) is 21.4. The number of esters is 1. The lowest BCUT2D eigenvalue weighted by Gasteiger charge is -2.41. The van der Waals surface area contributed by atoms with Crippen LogP contribution >= 0.6 is 0 Å². The zero-order valence-electron chi connectivity index (χ0n) is 47.3. The number of rotatable bonds is 52. The maximum absolute atomic E-state index is 13.4. The van der Waals surface area contributed by atoms with E-state index in [0.29, 0.717) is 12.8 Å². The molecule has 428 valence electrons. The van der Waals surface area contributed by atoms with Gasteiger partial charge in [-0.25, -0.2) is 0 Å². The zero-order chi connectivity index (χ0) is 53.3. The van der Waals surface area contributed by atoms with E-state index in [-0.39, 0.29) is 19.4 Å². The Bertz CT molecular complexity index is 1330. The molecule has 0 radical (unpaired) electrons. The lowest BCUT2D eigenvalue weighted by Crippen LogP contribution is -2.61. The molecule has 0 spiro atoms. The predicted octanol–water partition coefficient (Wildman–Crippen LogP) is 14.3. The highest BCUT2D eigenvalue weighted by atomic mass is 16.7. The van der Waals surface area contributed by atoms with E-state index in [2.05, 4.69) is 50.4 Å². The highest BCUT2D eigenvalue weighted by Crippen LogP contribution is 2.26. The third kappa shape index (κ3) is 39.0. The summed E-state index contributed by atoms with van der Waals surface area (Å²) in [4.78, 5) is 26.5. The molecule has 1 rings (SSSR count). The van der Waals surface area contributed by atoms with Crippen molar-refractivity contribution in [1.82, 2.24) is 5.32 Å². The second-order valence-corrected chi connectivity index (χ2v) is 21.4. The first-order chi connectivity index (χ1) is 35.7. The number of ether oxygens (including phenoxy) is 3. The number of nitrogens with one attached hydrogen (secondary N) is 1. The maximum atomic E-state index is 13.4. The average Bonchev–Trinajstić information content (AvgIpc) is 3.39. The van der Waals surface area contributed by atoms with Gasteiger partial charge in [0.15, 0.2) is 12.4 Å². The Balaban J connectivity index is 2.68. The molecule has 1 fully saturated rings. The van der Waals surface area contributed by atoms with E-state index in [0.717, 1.165) is 57.8 Å². The topological polar surface area (TPSA) is 175 Å². The Kier molecular flexibility index (Phi) is 47.8. The number of allylic oxidation sites excluding steroid dienone is 5. The molecule has 11 nitrogen and oxygen atoms in total. The molecule has 0 bridgehead atoms. The normalized spacial score (nSPS) is 19.6. The first-order valence-electron chi connectivity index (χ1n) is 30.8. The molecule has 0 aromatic carbocycles. The highest BCUT2D eigenvalue weighted by Gasteiger charge is 2.47. The molecule has 1 amide bonds. The predicted molar refractivity (Wildman–Crippen MR) is 301 cm³/mol. The van der Waals surface area contributed by atoms with Gasteiger partial charge in [-0.2, -0.15) is 0 Å². The molecule has 6 N–H and O–H groups in total. The molecule has 73 heavy (non-hydrogen) atoms. The summed E-state index contributed by atoms with van der Waals surface area (Å²) in [7, 11) is 0. The van der Waals surface area contributed by atoms with Crippen LogP contribution in [0.15, 0.2) is 36.5 Å². The summed E-state index contributed by atoms with van der Waals surface area (Å²) < 4.78 is 17.6. The van der Waals surface area contributed by atoms with Gasteiger partial charge in [0.1, 0.15) is 24.4 Å². The molecule has 0 saturated carbocycles. The Labute approximate surface area is 447 Å². The third-order valence-electron chi connectivity index (χ3n) is 14.5. The van der Waals surface area contributed by atoms with Crippen LogP contribution < -0.4 is 5.32 Å². The van der Waals surface area contributed by atoms with Crippen LogP contribution in [0.2, 0.25) is 0 Å². The zero-order valence-corrected chi connectivity index (χ0v) is 47.3. The summed E-state index contributed by atoms with van der Waals surface area (Å²) in [6.45, 7) is 5.78. The Morgan fingerprint density at radius 2 is 0.904 bits per heavy atom. The number of carbonyl (C=O) groups excluding carboxylic acids is 2. The minimum Gasteiger partial charge on any atom is -0.454 e. The van der Waals surface area contributed by atoms with Gasteiger partial charge in [-0.15, -0.1) is 0 Å². The molecule has 8 unspecified atom stereocenters. The second kappa shape index (κ2) is 50.7. The quantitative estimate of drug-likeness (QED) is 0.0195. The van der Waals surface area contributed by atoms with Crippen LogP contribution in [0.3, 0.4) is 0 Å². The third-order valence-corrected chi connectivity index (χ3v) is 14.5. The van der Waals surface area contributed by atoms with Crippen LogP contribution in [-0.4, -0.2) is 99.6 Å². The van der Waals surface area contributed by atoms with Crippen LogP contribution in [0.5, 0.6) is 0 Å². The minimum absolute atomic E-state index is 0.122. The number of amides is 1. The number of unbranched alkanes of at least 4 members (excludes halogenated alkanes) is 34. The van der Waals surface area contributed by atoms with Gasteiger partial charge in [0.25, 0.3) is 0 Å². The Hall–Kier alpha value is -2.12. The van der Waals surface area contributed by atoms with Crippen molar-refractivity contribution in [2.24, 2.45) is 0 Å². The van der Waals surface area contributed by atoms with E-state index in [1.165, 1.54) is 180 Å². The van der Waals surface area contributed by atoms with Gasteiger partial charge in [0.05, 0.1) is 25.4 Å². The number of hydrogen-bond donors (Lipinski definition) is 6. The molecule has 0 aromatic heterocycles. The van der Waals surface area contributed by atoms with Crippen molar-refractivity contribution in [3.8, 4) is 0 Å². The molecular weight excluding hydrogens is 919 g/mol. The van der Waals surface area contributed by atoms with Crippen molar-refractivity contribution in [3.63, 3.8) is 0 Å². The van der Waals surface area contributed by atoms with Crippen molar-refractivity contribution in [2.45, 2.75) is 333 Å². The summed E-state index contributed by atoms with van der Waals surface area (Å²) in [5.41, 5.74) is 0. The number of hydrogen-bond acceptors (Lipinski definition) is 10. The molecule has 11 heteroatoms. The Morgan fingerprint density at radius 1 is 0.521 bits per heavy atom. The first-order valence-corrected chi connectivity index (χ1v) is 30.8. The fourth-order valence-electron chi connectivity index (χ4n) is 9.58. The van der Waals surface area contributed by atoms with E-state index >= 15 is 0 Å². The van der Waals surface area contributed by atoms with Crippen LogP contribution in [0, 0.1) is 0 Å². The van der Waals surface area contributed by atoms with E-state index in [1.54, 1.807) is 6.08 Å². The number of aliphatic hydroxyl groups excluding tert-OH is 5. The van der Waals surface area contributed by atoms with E-state index < -0.39 is 67.4 Å². The van der Waals surface area contributed by atoms with Crippen molar-refractivity contribution in [1.29, 1.82) is 0 Å². The lowest BCUT2D eigenvalue weighted by molar-refractivity contribution is -0.305. The molecule has 1 saturated heterocycles. The fraction of sp³-hybridized carbons (Fsp3) is 0.871. The minimum atomic E-state index is -1.61. The van der Waals surface area contributed by atoms with Gasteiger partial charge in [-0.05, 0) is 77.0 Å². The van der Waals surface area contributed by atoms with Gasteiger partial charge >= 0.3 is 5.97 Å². The molecular formula is C62H115NO10. The van der Waals surface area contributed by atoms with Crippen molar-refractivity contribution in [2.75, 3.05) is 13.2 Å². The van der Waals surface area contributed by atoms with Gasteiger partial charge in [0.2, 0.25) is 5.91 Å². The molecule has 0 aromatic rings. The van der Waals surface area contributed by atoms with Crippen LogP contribution in [0.25, 0.3) is 0 Å². The molecule has 8 atom stereocenters. The average molecular weight is 1030 g/mol. The number of carbonyl (C=O) groups is 2. The summed E-state index contributed by atoms with van der Waals surface area (Å²) >= 11 is 0. The van der Waals surface area contributed by atoms with Gasteiger partial charge in [-0.1, -0.05) is 237 Å². The molecule has 0 aliphatic carbocycles. The monoisotopic (exact) mass is 1030 g/mol. The van der Waals surface area contributed by atoms with E-state index in [4.69, 9.17) is 14.2 Å². The summed E-state index contributed by atoms with van der Waals surface area (Å²) in [6, 6.07) is -1.03. The van der Waals surface area contributed by atoms with Crippen LogP contribution in [0.4, 0.5) is 0 Å². The molecule has 1 heterocycles. The van der Waals surface area contributed by atoms with Gasteiger partial charge in [0, 0.05) is 6.42 Å². The molecule has 1 aliphatic heterocycles. The van der Waals surface area contributed by atoms with Crippen molar-refractivity contribution in [3.05, 3.63) is 36.5 Å². The highest BCUT2D eigenvalue weighted by molar-refractivity contribution is 5.80. The maximum Gasteiger partial charge on any atom is 0.306 e. The Morgan fingerprint density at radius 3 is 1.33 bits per heavy atom.